The minimum absolute atomic E-state index is 0.0111. The van der Waals surface area contributed by atoms with Gasteiger partial charge in [0.15, 0.2) is 9.84 Å². The summed E-state index contributed by atoms with van der Waals surface area (Å²) in [5.41, 5.74) is -0.424. The van der Waals surface area contributed by atoms with Crippen molar-refractivity contribution in [2.45, 2.75) is 31.6 Å². The third-order valence-electron chi connectivity index (χ3n) is 3.66. The van der Waals surface area contributed by atoms with Gasteiger partial charge in [0.05, 0.1) is 25.8 Å². The number of rotatable bonds is 8. The minimum Gasteiger partial charge on any atom is -0.469 e. The Morgan fingerprint density at radius 1 is 1.38 bits per heavy atom. The van der Waals surface area contributed by atoms with Crippen molar-refractivity contribution in [1.29, 1.82) is 0 Å². The number of esters is 1. The van der Waals surface area contributed by atoms with Crippen molar-refractivity contribution in [3.63, 3.8) is 0 Å². The smallest absolute Gasteiger partial charge is 0.306 e. The van der Waals surface area contributed by atoms with Crippen LogP contribution in [0.3, 0.4) is 0 Å². The van der Waals surface area contributed by atoms with E-state index in [1.165, 1.54) is 7.11 Å². The summed E-state index contributed by atoms with van der Waals surface area (Å²) in [4.78, 5) is 11.3. The maximum atomic E-state index is 12.3. The predicted octanol–water partition coefficient (Wildman–Crippen LogP) is 1.26. The van der Waals surface area contributed by atoms with Crippen LogP contribution >= 0.6 is 0 Å². The lowest BCUT2D eigenvalue weighted by Gasteiger charge is -2.13. The quantitative estimate of drug-likeness (QED) is 0.727. The van der Waals surface area contributed by atoms with E-state index < -0.39 is 15.3 Å². The maximum absolute atomic E-state index is 12.3. The van der Waals surface area contributed by atoms with Gasteiger partial charge >= 0.3 is 5.97 Å². The number of carbonyl (C=O) groups is 1. The molecule has 1 aromatic heterocycles. The van der Waals surface area contributed by atoms with Crippen LogP contribution in [0.1, 0.15) is 30.8 Å². The SMILES string of the molecule is CNCc1ccc(CS(=O)(=O)CC2(CC(=O)OC)CC2)o1. The Labute approximate surface area is 124 Å². The van der Waals surface area contributed by atoms with Gasteiger partial charge in [-0.2, -0.15) is 0 Å². The summed E-state index contributed by atoms with van der Waals surface area (Å²) in [6.45, 7) is 0.562. The Kier molecular flexibility index (Phi) is 4.73. The van der Waals surface area contributed by atoms with Gasteiger partial charge in [-0.3, -0.25) is 4.79 Å². The molecule has 6 nitrogen and oxygen atoms in total. The van der Waals surface area contributed by atoms with Gasteiger partial charge in [-0.15, -0.1) is 0 Å². The lowest BCUT2D eigenvalue weighted by molar-refractivity contribution is -0.141. The summed E-state index contributed by atoms with van der Waals surface area (Å²) >= 11 is 0. The zero-order chi connectivity index (χ0) is 15.5. The van der Waals surface area contributed by atoms with Gasteiger partial charge in [0.2, 0.25) is 0 Å². The lowest BCUT2D eigenvalue weighted by Crippen LogP contribution is -2.22. The molecule has 1 fully saturated rings. The molecular weight excluding hydrogens is 294 g/mol. The second-order valence-electron chi connectivity index (χ2n) is 5.68. The molecule has 1 N–H and O–H groups in total. The monoisotopic (exact) mass is 315 g/mol. The molecule has 2 rings (SSSR count). The average molecular weight is 315 g/mol. The van der Waals surface area contributed by atoms with E-state index in [-0.39, 0.29) is 23.9 Å². The Balaban J connectivity index is 1.97. The van der Waals surface area contributed by atoms with Crippen LogP contribution in [0.2, 0.25) is 0 Å². The van der Waals surface area contributed by atoms with Crippen molar-refractivity contribution in [1.82, 2.24) is 5.32 Å². The van der Waals surface area contributed by atoms with Crippen LogP contribution in [0, 0.1) is 5.41 Å². The van der Waals surface area contributed by atoms with E-state index in [0.29, 0.717) is 18.1 Å². The van der Waals surface area contributed by atoms with Crippen LogP contribution in [0.25, 0.3) is 0 Å². The van der Waals surface area contributed by atoms with E-state index in [2.05, 4.69) is 10.1 Å². The second-order valence-corrected chi connectivity index (χ2v) is 7.75. The molecule has 0 saturated heterocycles. The maximum Gasteiger partial charge on any atom is 0.306 e. The standard InChI is InChI=1S/C14H21NO5S/c1-15-8-11-3-4-12(20-11)9-21(17,18)10-14(5-6-14)7-13(16)19-2/h3-4,15H,5-10H2,1-2H3. The van der Waals surface area contributed by atoms with Gasteiger partial charge < -0.3 is 14.5 Å². The number of hydrogen-bond donors (Lipinski definition) is 1. The van der Waals surface area contributed by atoms with E-state index >= 15 is 0 Å². The fourth-order valence-corrected chi connectivity index (χ4v) is 4.45. The topological polar surface area (TPSA) is 85.6 Å². The molecule has 0 atom stereocenters. The fraction of sp³-hybridized carbons (Fsp3) is 0.643. The Bertz CT molecular complexity index is 601. The first-order chi connectivity index (χ1) is 9.88. The highest BCUT2D eigenvalue weighted by atomic mass is 32.2. The van der Waals surface area contributed by atoms with Gasteiger partial charge in [-0.05, 0) is 37.4 Å². The van der Waals surface area contributed by atoms with Crippen molar-refractivity contribution in [3.8, 4) is 0 Å². The van der Waals surface area contributed by atoms with Crippen molar-refractivity contribution in [2.75, 3.05) is 19.9 Å². The van der Waals surface area contributed by atoms with Gasteiger partial charge in [0, 0.05) is 0 Å². The molecule has 7 heteroatoms. The number of sulfone groups is 1. The highest BCUT2D eigenvalue weighted by Gasteiger charge is 2.47. The molecule has 118 valence electrons. The zero-order valence-corrected chi connectivity index (χ0v) is 13.2. The Morgan fingerprint density at radius 2 is 2.05 bits per heavy atom. The highest BCUT2D eigenvalue weighted by molar-refractivity contribution is 7.90. The Morgan fingerprint density at radius 3 is 2.62 bits per heavy atom. The summed E-state index contributed by atoms with van der Waals surface area (Å²) in [5, 5.41) is 2.94. The average Bonchev–Trinajstić information content (AvgIpc) is 2.98. The van der Waals surface area contributed by atoms with Gasteiger partial charge in [0.25, 0.3) is 0 Å². The summed E-state index contributed by atoms with van der Waals surface area (Å²) in [6.07, 6.45) is 1.68. The van der Waals surface area contributed by atoms with Crippen molar-refractivity contribution < 1.29 is 22.4 Å². The fourth-order valence-electron chi connectivity index (χ4n) is 2.43. The number of carbonyl (C=O) groups excluding carboxylic acids is 1. The second kappa shape index (κ2) is 6.19. The normalized spacial score (nSPS) is 16.7. The first-order valence-electron chi connectivity index (χ1n) is 6.87. The molecule has 1 heterocycles. The molecule has 1 aliphatic carbocycles. The zero-order valence-electron chi connectivity index (χ0n) is 12.3. The molecule has 0 aromatic carbocycles. The summed E-state index contributed by atoms with van der Waals surface area (Å²) in [7, 11) is -0.194. The lowest BCUT2D eigenvalue weighted by atomic mass is 10.1. The van der Waals surface area contributed by atoms with E-state index in [0.717, 1.165) is 12.8 Å². The number of ether oxygens (including phenoxy) is 1. The number of hydrogen-bond acceptors (Lipinski definition) is 6. The molecule has 0 radical (unpaired) electrons. The van der Waals surface area contributed by atoms with Crippen molar-refractivity contribution in [2.24, 2.45) is 5.41 Å². The number of methoxy groups -OCH3 is 1. The van der Waals surface area contributed by atoms with Gasteiger partial charge in [-0.25, -0.2) is 8.42 Å². The molecule has 0 bridgehead atoms. The summed E-state index contributed by atoms with van der Waals surface area (Å²) in [6, 6.07) is 3.45. The van der Waals surface area contributed by atoms with Crippen LogP contribution in [0.5, 0.6) is 0 Å². The molecule has 0 spiro atoms. The predicted molar refractivity (Wildman–Crippen MR) is 77.3 cm³/mol. The van der Waals surface area contributed by atoms with Crippen LogP contribution in [-0.2, 0) is 31.7 Å². The number of furan rings is 1. The molecule has 0 amide bonds. The van der Waals surface area contributed by atoms with Crippen LogP contribution in [0.15, 0.2) is 16.5 Å². The summed E-state index contributed by atoms with van der Waals surface area (Å²) in [5.74, 6) is 0.682. The first-order valence-corrected chi connectivity index (χ1v) is 8.70. The van der Waals surface area contributed by atoms with Crippen LogP contribution in [-0.4, -0.2) is 34.3 Å². The van der Waals surface area contributed by atoms with E-state index in [9.17, 15) is 13.2 Å². The third-order valence-corrected chi connectivity index (χ3v) is 5.44. The molecule has 1 aromatic rings. The van der Waals surface area contributed by atoms with Crippen molar-refractivity contribution in [3.05, 3.63) is 23.7 Å². The Hall–Kier alpha value is -1.34. The van der Waals surface area contributed by atoms with Crippen molar-refractivity contribution >= 4 is 15.8 Å². The number of nitrogens with one attached hydrogen (secondary N) is 1. The first kappa shape index (κ1) is 16.0. The molecule has 0 unspecified atom stereocenters. The van der Waals surface area contributed by atoms with E-state index in [4.69, 9.17) is 4.42 Å². The molecule has 1 saturated carbocycles. The summed E-state index contributed by atoms with van der Waals surface area (Å²) < 4.78 is 34.6. The molecular formula is C14H21NO5S. The molecule has 21 heavy (non-hydrogen) atoms. The van der Waals surface area contributed by atoms with Crippen LogP contribution < -0.4 is 5.32 Å². The van der Waals surface area contributed by atoms with Crippen LogP contribution in [0.4, 0.5) is 0 Å². The van der Waals surface area contributed by atoms with Gasteiger partial charge in [0.1, 0.15) is 17.3 Å². The molecule has 1 aliphatic rings. The van der Waals surface area contributed by atoms with E-state index in [1.54, 1.807) is 19.2 Å². The van der Waals surface area contributed by atoms with E-state index in [1.807, 2.05) is 0 Å². The minimum atomic E-state index is -3.31. The largest absolute Gasteiger partial charge is 0.469 e. The third kappa shape index (κ3) is 4.57. The van der Waals surface area contributed by atoms with Gasteiger partial charge in [-0.1, -0.05) is 0 Å². The highest BCUT2D eigenvalue weighted by Crippen LogP contribution is 2.50. The molecule has 0 aliphatic heterocycles.